The fourth-order valence-corrected chi connectivity index (χ4v) is 10.7. The molecular formula is C36H44ClN3O4S. The highest BCUT2D eigenvalue weighted by Crippen LogP contribution is 2.69. The average Bonchev–Trinajstić information content (AvgIpc) is 3.63. The van der Waals surface area contributed by atoms with Gasteiger partial charge in [0.25, 0.3) is 5.91 Å². The Morgan fingerprint density at radius 1 is 1.11 bits per heavy atom. The van der Waals surface area contributed by atoms with E-state index in [1.54, 1.807) is 44.7 Å². The first-order chi connectivity index (χ1) is 21.6. The summed E-state index contributed by atoms with van der Waals surface area (Å²) in [6.45, 7) is 16.1. The van der Waals surface area contributed by atoms with Crippen molar-refractivity contribution >= 4 is 52.5 Å². The molecule has 3 amide bonds. The lowest BCUT2D eigenvalue weighted by Gasteiger charge is -2.43. The molecule has 9 heteroatoms. The van der Waals surface area contributed by atoms with Crippen LogP contribution in [0.15, 0.2) is 73.8 Å². The molecule has 2 bridgehead atoms. The molecule has 3 aliphatic heterocycles. The summed E-state index contributed by atoms with van der Waals surface area (Å²) >= 11 is 8.36. The minimum atomic E-state index is -0.899. The predicted octanol–water partition coefficient (Wildman–Crippen LogP) is 6.13. The number of fused-ring (bicyclic) bond motifs is 1. The first kappa shape index (κ1) is 33.3. The first-order valence-electron chi connectivity index (χ1n) is 15.8. The maximum atomic E-state index is 15.2. The highest BCUT2D eigenvalue weighted by atomic mass is 35.5. The van der Waals surface area contributed by atoms with Crippen molar-refractivity contribution in [1.82, 2.24) is 4.90 Å². The van der Waals surface area contributed by atoms with Gasteiger partial charge in [-0.3, -0.25) is 14.4 Å². The second kappa shape index (κ2) is 13.3. The topological polar surface area (TPSA) is 81.2 Å². The summed E-state index contributed by atoms with van der Waals surface area (Å²) in [6.07, 6.45) is 4.78. The van der Waals surface area contributed by atoms with E-state index in [4.69, 9.17) is 11.6 Å². The van der Waals surface area contributed by atoms with Crippen LogP contribution in [0.5, 0.6) is 0 Å². The molecule has 240 valence electrons. The number of aliphatic hydroxyl groups excluding tert-OH is 1. The van der Waals surface area contributed by atoms with Crippen LogP contribution in [0.25, 0.3) is 0 Å². The van der Waals surface area contributed by atoms with Gasteiger partial charge in [-0.05, 0) is 48.9 Å². The third kappa shape index (κ3) is 5.33. The Kier molecular flexibility index (Phi) is 9.87. The molecule has 1 spiro atoms. The molecule has 8 atom stereocenters. The summed E-state index contributed by atoms with van der Waals surface area (Å²) in [4.78, 5) is 49.7. The van der Waals surface area contributed by atoms with E-state index in [-0.39, 0.29) is 48.0 Å². The molecule has 45 heavy (non-hydrogen) atoms. The minimum Gasteiger partial charge on any atom is -0.394 e. The van der Waals surface area contributed by atoms with Gasteiger partial charge in [0, 0.05) is 24.0 Å². The molecule has 3 heterocycles. The van der Waals surface area contributed by atoms with Gasteiger partial charge in [-0.15, -0.1) is 24.9 Å². The number of halogens is 1. The molecule has 2 aromatic rings. The summed E-state index contributed by atoms with van der Waals surface area (Å²) < 4.78 is -0.856. The second-order valence-corrected chi connectivity index (χ2v) is 14.6. The highest BCUT2D eigenvalue weighted by molar-refractivity contribution is 8.02. The normalized spacial score (nSPS) is 28.0. The fourth-order valence-electron chi connectivity index (χ4n) is 7.97. The van der Waals surface area contributed by atoms with E-state index in [9.17, 15) is 14.7 Å². The van der Waals surface area contributed by atoms with Crippen LogP contribution in [0, 0.1) is 30.6 Å². The molecule has 3 aliphatic rings. The number of nitrogens with zero attached hydrogens (tertiary/aromatic N) is 3. The van der Waals surface area contributed by atoms with E-state index in [1.165, 1.54) is 0 Å². The summed E-state index contributed by atoms with van der Waals surface area (Å²) in [5.74, 6) is -2.06. The standard InChI is InChI=1S/C36H44ClN3O4S/c1-7-18-38(25-15-11-10-12-16-25)33(42)29-28-20-24(6)36(45-28)30(29)34(43)40(27(21-41)22(4)9-3)32(36)35(44)39(19-8-2)31-23(5)14-13-17-26(31)37/h7-8,10-17,22,24,27-30,32,41H,1-2,9,18-21H2,3-6H3/t22-,24?,27-,28-,29+,30-,32?,36?/m0/s1. The smallest absolute Gasteiger partial charge is 0.251 e. The Labute approximate surface area is 276 Å². The van der Waals surface area contributed by atoms with Gasteiger partial charge >= 0.3 is 0 Å². The van der Waals surface area contributed by atoms with Crippen molar-refractivity contribution in [2.75, 3.05) is 29.5 Å². The monoisotopic (exact) mass is 649 g/mol. The number of rotatable bonds is 12. The lowest BCUT2D eigenvalue weighted by molar-refractivity contribution is -0.143. The van der Waals surface area contributed by atoms with Gasteiger partial charge in [0.2, 0.25) is 11.8 Å². The minimum absolute atomic E-state index is 0.0248. The highest BCUT2D eigenvalue weighted by Gasteiger charge is 2.77. The third-order valence-corrected chi connectivity index (χ3v) is 12.6. The number of amides is 3. The Balaban J connectivity index is 1.67. The molecule has 3 saturated heterocycles. The number of hydrogen-bond donors (Lipinski definition) is 1. The number of benzene rings is 2. The summed E-state index contributed by atoms with van der Waals surface area (Å²) in [5.41, 5.74) is 2.15. The van der Waals surface area contributed by atoms with Crippen molar-refractivity contribution in [3.63, 3.8) is 0 Å². The van der Waals surface area contributed by atoms with E-state index in [0.29, 0.717) is 30.1 Å². The molecule has 0 aromatic heterocycles. The fraction of sp³-hybridized carbons (Fsp3) is 0.472. The van der Waals surface area contributed by atoms with Crippen LogP contribution in [0.1, 0.15) is 39.2 Å². The maximum Gasteiger partial charge on any atom is 0.251 e. The van der Waals surface area contributed by atoms with Crippen LogP contribution >= 0.6 is 23.4 Å². The van der Waals surface area contributed by atoms with Crippen molar-refractivity contribution in [3.05, 3.63) is 84.4 Å². The largest absolute Gasteiger partial charge is 0.394 e. The Hall–Kier alpha value is -3.07. The van der Waals surface area contributed by atoms with Gasteiger partial charge < -0.3 is 19.8 Å². The molecule has 7 nitrogen and oxygen atoms in total. The second-order valence-electron chi connectivity index (χ2n) is 12.6. The third-order valence-electron chi connectivity index (χ3n) is 10.2. The van der Waals surface area contributed by atoms with Crippen molar-refractivity contribution < 1.29 is 19.5 Å². The van der Waals surface area contributed by atoms with E-state index >= 15 is 4.79 Å². The van der Waals surface area contributed by atoms with Gasteiger partial charge in [0.15, 0.2) is 0 Å². The molecule has 1 N–H and O–H groups in total. The predicted molar refractivity (Wildman–Crippen MR) is 184 cm³/mol. The summed E-state index contributed by atoms with van der Waals surface area (Å²) in [6, 6.07) is 13.5. The first-order valence-corrected chi connectivity index (χ1v) is 17.1. The SMILES string of the molecule is C=CCN(C(=O)[C@@H]1[C@@H]2CC(C)C3(S2)C(C(=O)N(CC=C)c2c(C)cccc2Cl)N([C@@H](CO)[C@@H](C)CC)C(=O)[C@H]13)c1ccccc1. The average molecular weight is 650 g/mol. The molecule has 3 unspecified atom stereocenters. The number of likely N-dealkylation sites (tertiary alicyclic amines) is 1. The van der Waals surface area contributed by atoms with E-state index < -0.39 is 28.7 Å². The zero-order valence-corrected chi connectivity index (χ0v) is 28.1. The van der Waals surface area contributed by atoms with Crippen LogP contribution in [-0.2, 0) is 14.4 Å². The van der Waals surface area contributed by atoms with Gasteiger partial charge in [0.1, 0.15) is 6.04 Å². The van der Waals surface area contributed by atoms with Crippen molar-refractivity contribution in [1.29, 1.82) is 0 Å². The molecule has 2 aromatic carbocycles. The van der Waals surface area contributed by atoms with Crippen LogP contribution in [0.3, 0.4) is 0 Å². The Bertz CT molecular complexity index is 1450. The maximum absolute atomic E-state index is 15.2. The lowest BCUT2D eigenvalue weighted by Crippen LogP contribution is -2.60. The van der Waals surface area contributed by atoms with Crippen LogP contribution in [0.4, 0.5) is 11.4 Å². The quantitative estimate of drug-likeness (QED) is 0.280. The van der Waals surface area contributed by atoms with E-state index in [1.807, 2.05) is 63.2 Å². The molecule has 0 aliphatic carbocycles. The number of carbonyl (C=O) groups is 3. The van der Waals surface area contributed by atoms with E-state index in [2.05, 4.69) is 20.1 Å². The number of para-hydroxylation sites is 2. The number of anilines is 2. The van der Waals surface area contributed by atoms with Crippen molar-refractivity contribution in [2.24, 2.45) is 23.7 Å². The Morgan fingerprint density at radius 3 is 2.38 bits per heavy atom. The van der Waals surface area contributed by atoms with E-state index in [0.717, 1.165) is 11.3 Å². The molecule has 3 fully saturated rings. The van der Waals surface area contributed by atoms with Gasteiger partial charge in [-0.2, -0.15) is 0 Å². The molecule has 0 saturated carbocycles. The number of hydrogen-bond acceptors (Lipinski definition) is 5. The van der Waals surface area contributed by atoms with Crippen LogP contribution in [0.2, 0.25) is 5.02 Å². The molecule has 0 radical (unpaired) electrons. The molecule has 5 rings (SSSR count). The zero-order valence-electron chi connectivity index (χ0n) is 26.6. The number of aliphatic hydroxyl groups is 1. The van der Waals surface area contributed by atoms with Gasteiger partial charge in [0.05, 0.1) is 39.9 Å². The van der Waals surface area contributed by atoms with Gasteiger partial charge in [-0.1, -0.05) is 81.3 Å². The van der Waals surface area contributed by atoms with Gasteiger partial charge in [-0.25, -0.2) is 0 Å². The number of thioether (sulfide) groups is 1. The van der Waals surface area contributed by atoms with Crippen molar-refractivity contribution in [2.45, 2.75) is 62.6 Å². The Morgan fingerprint density at radius 2 is 1.78 bits per heavy atom. The number of carbonyl (C=O) groups excluding carboxylic acids is 3. The summed E-state index contributed by atoms with van der Waals surface area (Å²) in [7, 11) is 0. The lowest BCUT2D eigenvalue weighted by atomic mass is 9.65. The summed E-state index contributed by atoms with van der Waals surface area (Å²) in [5, 5.41) is 11.1. The zero-order chi connectivity index (χ0) is 32.6. The molecular weight excluding hydrogens is 606 g/mol. The number of aryl methyl sites for hydroxylation is 1. The van der Waals surface area contributed by atoms with Crippen molar-refractivity contribution in [3.8, 4) is 0 Å². The van der Waals surface area contributed by atoms with Crippen LogP contribution < -0.4 is 9.80 Å². The van der Waals surface area contributed by atoms with Crippen LogP contribution in [-0.4, -0.2) is 69.5 Å².